The molecule has 18 heavy (non-hydrogen) atoms. The van der Waals surface area contributed by atoms with Gasteiger partial charge in [-0.15, -0.1) is 0 Å². The van der Waals surface area contributed by atoms with E-state index in [9.17, 15) is 0 Å². The van der Waals surface area contributed by atoms with Gasteiger partial charge in [0, 0.05) is 17.1 Å². The Kier molecular flexibility index (Phi) is 6.17. The summed E-state index contributed by atoms with van der Waals surface area (Å²) in [6, 6.07) is 8.43. The Bertz CT molecular complexity index is 424. The highest BCUT2D eigenvalue weighted by Crippen LogP contribution is 2.20. The third kappa shape index (κ3) is 4.67. The van der Waals surface area contributed by atoms with Crippen LogP contribution in [0.5, 0.6) is 0 Å². The summed E-state index contributed by atoms with van der Waals surface area (Å²) in [5, 5.41) is 12.3. The van der Waals surface area contributed by atoms with Crippen molar-refractivity contribution in [2.45, 2.75) is 26.3 Å². The summed E-state index contributed by atoms with van der Waals surface area (Å²) in [5.41, 5.74) is 1.59. The predicted molar refractivity (Wildman–Crippen MR) is 79.7 cm³/mol. The van der Waals surface area contributed by atoms with Gasteiger partial charge < -0.3 is 10.2 Å². The molecule has 0 aliphatic rings. The largest absolute Gasteiger partial charge is 0.384 e. The topological polar surface area (TPSA) is 39.1 Å². The van der Waals surface area contributed by atoms with E-state index in [0.717, 1.165) is 29.7 Å². The van der Waals surface area contributed by atoms with Gasteiger partial charge in [-0.2, -0.15) is 5.26 Å². The van der Waals surface area contributed by atoms with Crippen LogP contribution in [0, 0.1) is 11.3 Å². The van der Waals surface area contributed by atoms with Crippen LogP contribution in [0.3, 0.4) is 0 Å². The van der Waals surface area contributed by atoms with Crippen molar-refractivity contribution in [1.82, 2.24) is 4.90 Å². The molecule has 1 aromatic rings. The molecular formula is C14H20BrN3. The molecule has 98 valence electrons. The molecule has 0 aliphatic heterocycles. The molecule has 0 atom stereocenters. The van der Waals surface area contributed by atoms with Crippen molar-refractivity contribution < 1.29 is 0 Å². The zero-order chi connectivity index (χ0) is 13.5. The van der Waals surface area contributed by atoms with E-state index in [1.54, 1.807) is 0 Å². The summed E-state index contributed by atoms with van der Waals surface area (Å²) in [6.45, 7) is 6.31. The highest BCUT2D eigenvalue weighted by Gasteiger charge is 2.04. The summed E-state index contributed by atoms with van der Waals surface area (Å²) >= 11 is 3.42. The number of anilines is 1. The molecule has 0 bridgehead atoms. The van der Waals surface area contributed by atoms with E-state index < -0.39 is 0 Å². The fourth-order valence-electron chi connectivity index (χ4n) is 1.57. The lowest BCUT2D eigenvalue weighted by atomic mass is 10.2. The molecule has 0 saturated carbocycles. The van der Waals surface area contributed by atoms with Crippen LogP contribution in [-0.4, -0.2) is 31.1 Å². The molecule has 4 heteroatoms. The Morgan fingerprint density at radius 2 is 2.17 bits per heavy atom. The zero-order valence-corrected chi connectivity index (χ0v) is 12.8. The minimum Gasteiger partial charge on any atom is -0.384 e. The number of halogens is 1. The molecular weight excluding hydrogens is 290 g/mol. The van der Waals surface area contributed by atoms with Crippen molar-refractivity contribution in [2.75, 3.05) is 25.5 Å². The van der Waals surface area contributed by atoms with Crippen LogP contribution in [0.15, 0.2) is 22.7 Å². The lowest BCUT2D eigenvalue weighted by Crippen LogP contribution is -2.28. The van der Waals surface area contributed by atoms with Crippen molar-refractivity contribution >= 4 is 21.6 Å². The first-order valence-electron chi connectivity index (χ1n) is 6.18. The van der Waals surface area contributed by atoms with Crippen LogP contribution < -0.4 is 5.32 Å². The molecule has 0 amide bonds. The number of hydrogen-bond donors (Lipinski definition) is 1. The fraction of sp³-hybridized carbons (Fsp3) is 0.500. The second kappa shape index (κ2) is 7.40. The van der Waals surface area contributed by atoms with Gasteiger partial charge in [0.1, 0.15) is 6.07 Å². The molecule has 1 rings (SSSR count). The molecule has 0 radical (unpaired) electrons. The maximum absolute atomic E-state index is 9.01. The highest BCUT2D eigenvalue weighted by molar-refractivity contribution is 9.10. The van der Waals surface area contributed by atoms with Crippen molar-refractivity contribution in [3.05, 3.63) is 28.2 Å². The van der Waals surface area contributed by atoms with Gasteiger partial charge in [-0.3, -0.25) is 0 Å². The Balaban J connectivity index is 2.44. The second-order valence-corrected chi connectivity index (χ2v) is 5.57. The molecule has 0 heterocycles. The molecule has 0 spiro atoms. The summed E-state index contributed by atoms with van der Waals surface area (Å²) in [6.07, 6.45) is 1.06. The second-order valence-electron chi connectivity index (χ2n) is 4.66. The molecule has 1 N–H and O–H groups in total. The van der Waals surface area contributed by atoms with Crippen LogP contribution in [0.1, 0.15) is 25.8 Å². The third-order valence-corrected chi connectivity index (χ3v) is 3.48. The van der Waals surface area contributed by atoms with Crippen LogP contribution in [0.4, 0.5) is 5.69 Å². The normalized spacial score (nSPS) is 10.7. The van der Waals surface area contributed by atoms with Crippen molar-refractivity contribution in [3.63, 3.8) is 0 Å². The van der Waals surface area contributed by atoms with Gasteiger partial charge in [0.2, 0.25) is 0 Å². The highest BCUT2D eigenvalue weighted by atomic mass is 79.9. The van der Waals surface area contributed by atoms with Crippen LogP contribution in [0.25, 0.3) is 0 Å². The molecule has 0 unspecified atom stereocenters. The summed E-state index contributed by atoms with van der Waals surface area (Å²) in [5.74, 6) is 0. The monoisotopic (exact) mass is 309 g/mol. The summed E-state index contributed by atoms with van der Waals surface area (Å²) in [4.78, 5) is 2.31. The minimum atomic E-state index is 0.575. The van der Waals surface area contributed by atoms with Crippen LogP contribution in [-0.2, 0) is 0 Å². The Labute approximate surface area is 118 Å². The van der Waals surface area contributed by atoms with Gasteiger partial charge in [0.05, 0.1) is 11.3 Å². The van der Waals surface area contributed by atoms with Crippen LogP contribution in [0.2, 0.25) is 0 Å². The maximum Gasteiger partial charge on any atom is 0.101 e. The maximum atomic E-state index is 9.01. The average Bonchev–Trinajstić information content (AvgIpc) is 2.34. The summed E-state index contributed by atoms with van der Waals surface area (Å²) < 4.78 is 0.989. The van der Waals surface area contributed by atoms with Gasteiger partial charge in [-0.1, -0.05) is 15.9 Å². The standard InChI is InChI=1S/C14H20BrN3/c1-11(2)18(3)8-4-7-17-14-9-13(15)6-5-12(14)10-16/h5-6,9,11,17H,4,7-8H2,1-3H3. The lowest BCUT2D eigenvalue weighted by molar-refractivity contribution is 0.273. The van der Waals surface area contributed by atoms with Gasteiger partial charge in [-0.05, 0) is 52.1 Å². The first-order chi connectivity index (χ1) is 8.54. The van der Waals surface area contributed by atoms with Gasteiger partial charge >= 0.3 is 0 Å². The Morgan fingerprint density at radius 3 is 2.78 bits per heavy atom. The molecule has 3 nitrogen and oxygen atoms in total. The van der Waals surface area contributed by atoms with Gasteiger partial charge in [0.15, 0.2) is 0 Å². The molecule has 1 aromatic carbocycles. The third-order valence-electron chi connectivity index (χ3n) is 2.99. The molecule has 0 aliphatic carbocycles. The van der Waals surface area contributed by atoms with Gasteiger partial charge in [0.25, 0.3) is 0 Å². The number of rotatable bonds is 6. The quantitative estimate of drug-likeness (QED) is 0.818. The van der Waals surface area contributed by atoms with E-state index >= 15 is 0 Å². The molecule has 0 fully saturated rings. The number of nitrogens with one attached hydrogen (secondary N) is 1. The first kappa shape index (κ1) is 15.0. The number of benzene rings is 1. The summed E-state index contributed by atoms with van der Waals surface area (Å²) in [7, 11) is 2.13. The van der Waals surface area contributed by atoms with E-state index in [2.05, 4.69) is 53.1 Å². The molecule has 0 saturated heterocycles. The Hall–Kier alpha value is -1.05. The van der Waals surface area contributed by atoms with Crippen molar-refractivity contribution in [2.24, 2.45) is 0 Å². The fourth-order valence-corrected chi connectivity index (χ4v) is 1.93. The number of nitrogens with zero attached hydrogens (tertiary/aromatic N) is 2. The van der Waals surface area contributed by atoms with Crippen molar-refractivity contribution in [3.8, 4) is 6.07 Å². The number of nitriles is 1. The van der Waals surface area contributed by atoms with E-state index in [1.165, 1.54) is 0 Å². The predicted octanol–water partition coefficient (Wildman–Crippen LogP) is 3.46. The van der Waals surface area contributed by atoms with Crippen molar-refractivity contribution in [1.29, 1.82) is 5.26 Å². The average molecular weight is 310 g/mol. The molecule has 0 aromatic heterocycles. The SMILES string of the molecule is CC(C)N(C)CCCNc1cc(Br)ccc1C#N. The number of hydrogen-bond acceptors (Lipinski definition) is 3. The first-order valence-corrected chi connectivity index (χ1v) is 6.97. The minimum absolute atomic E-state index is 0.575. The lowest BCUT2D eigenvalue weighted by Gasteiger charge is -2.21. The van der Waals surface area contributed by atoms with E-state index in [4.69, 9.17) is 5.26 Å². The van der Waals surface area contributed by atoms with Gasteiger partial charge in [-0.25, -0.2) is 0 Å². The van der Waals surface area contributed by atoms with E-state index in [1.807, 2.05) is 18.2 Å². The zero-order valence-electron chi connectivity index (χ0n) is 11.2. The Morgan fingerprint density at radius 1 is 1.44 bits per heavy atom. The van der Waals surface area contributed by atoms with E-state index in [0.29, 0.717) is 11.6 Å². The van der Waals surface area contributed by atoms with E-state index in [-0.39, 0.29) is 0 Å². The van der Waals surface area contributed by atoms with Crippen LogP contribution >= 0.6 is 15.9 Å². The smallest absolute Gasteiger partial charge is 0.101 e.